The third-order valence-electron chi connectivity index (χ3n) is 3.87. The van der Waals surface area contributed by atoms with E-state index >= 15 is 0 Å². The van der Waals surface area contributed by atoms with Crippen LogP contribution in [0.3, 0.4) is 0 Å². The Balaban J connectivity index is 0.00000243. The van der Waals surface area contributed by atoms with Gasteiger partial charge in [-0.05, 0) is 25.5 Å². The number of hydrogen-bond acceptors (Lipinski definition) is 4. The van der Waals surface area contributed by atoms with Gasteiger partial charge < -0.3 is 20.5 Å². The molecule has 0 aliphatic carbocycles. The summed E-state index contributed by atoms with van der Waals surface area (Å²) in [7, 11) is 0. The zero-order valence-electron chi connectivity index (χ0n) is 15.0. The van der Waals surface area contributed by atoms with E-state index in [0.717, 1.165) is 23.3 Å². The summed E-state index contributed by atoms with van der Waals surface area (Å²) in [6.07, 6.45) is 2.73. The summed E-state index contributed by atoms with van der Waals surface area (Å²) in [6.45, 7) is 5.09. The molecule has 3 N–H and O–H groups in total. The summed E-state index contributed by atoms with van der Waals surface area (Å²) in [4.78, 5) is 8.69. The lowest BCUT2D eigenvalue weighted by Gasteiger charge is -2.26. The Morgan fingerprint density at radius 3 is 2.88 bits per heavy atom. The molecule has 3 rings (SSSR count). The van der Waals surface area contributed by atoms with Gasteiger partial charge in [0.1, 0.15) is 5.75 Å². The van der Waals surface area contributed by atoms with Gasteiger partial charge in [0.25, 0.3) is 0 Å². The third kappa shape index (κ3) is 5.48. The van der Waals surface area contributed by atoms with Crippen LogP contribution in [-0.2, 0) is 6.54 Å². The van der Waals surface area contributed by atoms with Gasteiger partial charge in [0.15, 0.2) is 5.96 Å². The number of pyridine rings is 1. The minimum atomic E-state index is 0. The number of benzene rings is 1. The molecule has 1 aliphatic heterocycles. The average molecular weight is 468 g/mol. The Bertz CT molecular complexity index is 735. The number of guanidine groups is 1. The Morgan fingerprint density at radius 2 is 2.15 bits per heavy atom. The summed E-state index contributed by atoms with van der Waals surface area (Å²) in [6, 6.07) is 11.9. The highest BCUT2D eigenvalue weighted by atomic mass is 127. The molecular weight excluding hydrogens is 443 g/mol. The summed E-state index contributed by atoms with van der Waals surface area (Å²) in [5.41, 5.74) is 8.15. The molecule has 1 aliphatic rings. The van der Waals surface area contributed by atoms with Crippen LogP contribution in [0.25, 0.3) is 0 Å². The van der Waals surface area contributed by atoms with E-state index in [2.05, 4.69) is 21.4 Å². The SMILES string of the molecule is CC(C)Oc1ccc(CN=C(N)NC2CCOc3ccccc32)cn1.I. The first-order valence-corrected chi connectivity index (χ1v) is 8.51. The lowest BCUT2D eigenvalue weighted by atomic mass is 10.0. The van der Waals surface area contributed by atoms with Gasteiger partial charge in [-0.15, -0.1) is 24.0 Å². The van der Waals surface area contributed by atoms with Gasteiger partial charge in [0.05, 0.1) is 25.3 Å². The first-order valence-electron chi connectivity index (χ1n) is 8.51. The second kappa shape index (κ2) is 9.61. The van der Waals surface area contributed by atoms with Crippen molar-refractivity contribution < 1.29 is 9.47 Å². The number of aromatic nitrogens is 1. The molecule has 1 aromatic carbocycles. The van der Waals surface area contributed by atoms with Crippen LogP contribution in [0.5, 0.6) is 11.6 Å². The van der Waals surface area contributed by atoms with Gasteiger partial charge in [0.2, 0.25) is 5.88 Å². The zero-order chi connectivity index (χ0) is 17.6. The van der Waals surface area contributed by atoms with Gasteiger partial charge >= 0.3 is 0 Å². The van der Waals surface area contributed by atoms with Crippen molar-refractivity contribution in [2.24, 2.45) is 10.7 Å². The average Bonchev–Trinajstić information content (AvgIpc) is 2.61. The summed E-state index contributed by atoms with van der Waals surface area (Å²) in [5.74, 6) is 1.95. The van der Waals surface area contributed by atoms with Crippen LogP contribution in [0.15, 0.2) is 47.6 Å². The van der Waals surface area contributed by atoms with E-state index in [1.807, 2.05) is 44.2 Å². The maximum Gasteiger partial charge on any atom is 0.213 e. The molecule has 0 saturated carbocycles. The number of nitrogens with two attached hydrogens (primary N) is 1. The van der Waals surface area contributed by atoms with Crippen molar-refractivity contribution >= 4 is 29.9 Å². The van der Waals surface area contributed by atoms with E-state index < -0.39 is 0 Å². The number of halogens is 1. The van der Waals surface area contributed by atoms with E-state index in [0.29, 0.717) is 25.0 Å². The highest BCUT2D eigenvalue weighted by Crippen LogP contribution is 2.31. The predicted molar refractivity (Wildman–Crippen MR) is 113 cm³/mol. The molecule has 0 amide bonds. The van der Waals surface area contributed by atoms with Crippen LogP contribution in [0.4, 0.5) is 0 Å². The van der Waals surface area contributed by atoms with E-state index in [1.165, 1.54) is 0 Å². The fourth-order valence-electron chi connectivity index (χ4n) is 2.71. The van der Waals surface area contributed by atoms with E-state index in [1.54, 1.807) is 6.20 Å². The van der Waals surface area contributed by atoms with Gasteiger partial charge in [-0.2, -0.15) is 0 Å². The molecule has 26 heavy (non-hydrogen) atoms. The molecule has 6 nitrogen and oxygen atoms in total. The van der Waals surface area contributed by atoms with Crippen molar-refractivity contribution in [2.45, 2.75) is 39.0 Å². The summed E-state index contributed by atoms with van der Waals surface area (Å²) in [5, 5.41) is 3.29. The van der Waals surface area contributed by atoms with Gasteiger partial charge in [-0.1, -0.05) is 24.3 Å². The summed E-state index contributed by atoms with van der Waals surface area (Å²) < 4.78 is 11.2. The maximum atomic E-state index is 6.06. The molecule has 0 saturated heterocycles. The molecular formula is C19H25IN4O2. The Morgan fingerprint density at radius 1 is 1.35 bits per heavy atom. The molecule has 1 aromatic heterocycles. The maximum absolute atomic E-state index is 6.06. The molecule has 0 radical (unpaired) electrons. The lowest BCUT2D eigenvalue weighted by Crippen LogP contribution is -2.37. The molecule has 0 spiro atoms. The largest absolute Gasteiger partial charge is 0.493 e. The standard InChI is InChI=1S/C19H24N4O2.HI/c1-13(2)25-18-8-7-14(11-21-18)12-22-19(20)23-16-9-10-24-17-6-4-3-5-15(16)17;/h3-8,11,13,16H,9-10,12H2,1-2H3,(H3,20,22,23);1H. The number of ether oxygens (including phenoxy) is 2. The second-order valence-corrected chi connectivity index (χ2v) is 6.24. The van der Waals surface area contributed by atoms with Gasteiger partial charge in [-0.25, -0.2) is 9.98 Å². The molecule has 0 bridgehead atoms. The first-order chi connectivity index (χ1) is 12.1. The number of para-hydroxylation sites is 1. The van der Waals surface area contributed by atoms with Gasteiger partial charge in [-0.3, -0.25) is 0 Å². The smallest absolute Gasteiger partial charge is 0.213 e. The molecule has 0 fully saturated rings. The second-order valence-electron chi connectivity index (χ2n) is 6.24. The molecule has 1 atom stereocenters. The fourth-order valence-corrected chi connectivity index (χ4v) is 2.71. The van der Waals surface area contributed by atoms with Crippen LogP contribution < -0.4 is 20.5 Å². The summed E-state index contributed by atoms with van der Waals surface area (Å²) >= 11 is 0. The fraction of sp³-hybridized carbons (Fsp3) is 0.368. The van der Waals surface area contributed by atoms with Crippen LogP contribution >= 0.6 is 24.0 Å². The highest BCUT2D eigenvalue weighted by molar-refractivity contribution is 14.0. The number of fused-ring (bicyclic) bond motifs is 1. The van der Waals surface area contributed by atoms with Crippen molar-refractivity contribution in [3.63, 3.8) is 0 Å². The molecule has 2 heterocycles. The zero-order valence-corrected chi connectivity index (χ0v) is 17.3. The minimum absolute atomic E-state index is 0. The van der Waals surface area contributed by atoms with Crippen LogP contribution in [0, 0.1) is 0 Å². The number of aliphatic imine (C=N–C) groups is 1. The number of hydrogen-bond donors (Lipinski definition) is 2. The highest BCUT2D eigenvalue weighted by Gasteiger charge is 2.21. The molecule has 2 aromatic rings. The van der Waals surface area contributed by atoms with Crippen molar-refractivity contribution in [3.8, 4) is 11.6 Å². The molecule has 1 unspecified atom stereocenters. The van der Waals surface area contributed by atoms with Crippen molar-refractivity contribution in [3.05, 3.63) is 53.7 Å². The van der Waals surface area contributed by atoms with Crippen LogP contribution in [-0.4, -0.2) is 23.7 Å². The first kappa shape index (κ1) is 20.3. The number of nitrogens with zero attached hydrogens (tertiary/aromatic N) is 2. The van der Waals surface area contributed by atoms with Crippen molar-refractivity contribution in [2.75, 3.05) is 6.61 Å². The normalized spacial score (nSPS) is 16.3. The van der Waals surface area contributed by atoms with Crippen molar-refractivity contribution in [1.82, 2.24) is 10.3 Å². The Kier molecular flexibility index (Phi) is 7.50. The van der Waals surface area contributed by atoms with Crippen LogP contribution in [0.1, 0.15) is 37.4 Å². The van der Waals surface area contributed by atoms with Crippen molar-refractivity contribution in [1.29, 1.82) is 0 Å². The monoisotopic (exact) mass is 468 g/mol. The lowest BCUT2D eigenvalue weighted by molar-refractivity contribution is 0.232. The molecule has 7 heteroatoms. The number of nitrogens with one attached hydrogen (secondary N) is 1. The van der Waals surface area contributed by atoms with E-state index in [4.69, 9.17) is 15.2 Å². The third-order valence-corrected chi connectivity index (χ3v) is 3.87. The van der Waals surface area contributed by atoms with E-state index in [-0.39, 0.29) is 36.1 Å². The molecule has 140 valence electrons. The minimum Gasteiger partial charge on any atom is -0.493 e. The van der Waals surface area contributed by atoms with Gasteiger partial charge in [0, 0.05) is 24.2 Å². The van der Waals surface area contributed by atoms with Crippen LogP contribution in [0.2, 0.25) is 0 Å². The Hall–Kier alpha value is -2.03. The predicted octanol–water partition coefficient (Wildman–Crippen LogP) is 3.41. The number of rotatable bonds is 5. The van der Waals surface area contributed by atoms with E-state index in [9.17, 15) is 0 Å². The quantitative estimate of drug-likeness (QED) is 0.400. The Labute approximate surface area is 171 Å². The topological polar surface area (TPSA) is 81.8 Å².